The number of rotatable bonds is 8. The van der Waals surface area contributed by atoms with Gasteiger partial charge in [-0.2, -0.15) is 0 Å². The fourth-order valence-corrected chi connectivity index (χ4v) is 7.43. The molecule has 2 amide bonds. The normalized spacial score (nSPS) is 18.8. The van der Waals surface area contributed by atoms with Gasteiger partial charge in [-0.1, -0.05) is 62.4 Å². The number of likely N-dealkylation sites (tertiary alicyclic amines) is 1. The summed E-state index contributed by atoms with van der Waals surface area (Å²) < 4.78 is 0. The first-order chi connectivity index (χ1) is 22.3. The lowest BCUT2D eigenvalue weighted by atomic mass is 9.98. The number of hydrogen-bond donors (Lipinski definition) is 5. The molecule has 7 rings (SSSR count). The molecule has 3 aromatic carbocycles. The molecule has 46 heavy (non-hydrogen) atoms. The zero-order valence-corrected chi connectivity index (χ0v) is 26.6. The lowest BCUT2D eigenvalue weighted by Crippen LogP contribution is -2.50. The van der Waals surface area contributed by atoms with Crippen molar-refractivity contribution in [2.45, 2.75) is 44.1 Å². The van der Waals surface area contributed by atoms with Crippen molar-refractivity contribution in [2.24, 2.45) is 5.92 Å². The number of carbonyl (C=O) groups excluding carboxylic acids is 1. The highest BCUT2D eigenvalue weighted by Gasteiger charge is 2.37. The van der Waals surface area contributed by atoms with Gasteiger partial charge in [-0.3, -0.25) is 10.1 Å². The molecule has 11 heteroatoms. The predicted octanol–water partition coefficient (Wildman–Crippen LogP) is 6.58. The average molecular weight is 636 g/mol. The van der Waals surface area contributed by atoms with Crippen LogP contribution in [0.4, 0.5) is 4.79 Å². The van der Waals surface area contributed by atoms with Gasteiger partial charge in [0.2, 0.25) is 5.91 Å². The number of thioether (sulfide) groups is 1. The summed E-state index contributed by atoms with van der Waals surface area (Å²) in [6.07, 6.45) is 4.14. The third-order valence-electron chi connectivity index (χ3n) is 8.90. The molecule has 3 atom stereocenters. The van der Waals surface area contributed by atoms with E-state index in [9.17, 15) is 14.7 Å². The lowest BCUT2D eigenvalue weighted by molar-refractivity contribution is -0.135. The van der Waals surface area contributed by atoms with Crippen LogP contribution < -0.4 is 10.6 Å². The van der Waals surface area contributed by atoms with Gasteiger partial charge in [0.1, 0.15) is 23.1 Å². The molecular formula is C35H37N7O3S. The number of imidazole rings is 2. The van der Waals surface area contributed by atoms with Crippen molar-refractivity contribution in [3.05, 3.63) is 84.7 Å². The van der Waals surface area contributed by atoms with E-state index in [1.54, 1.807) is 4.90 Å². The van der Waals surface area contributed by atoms with Crippen LogP contribution in [0.15, 0.2) is 73.1 Å². The number of benzene rings is 3. The van der Waals surface area contributed by atoms with E-state index in [-0.39, 0.29) is 23.2 Å². The van der Waals surface area contributed by atoms with E-state index in [1.807, 2.05) is 38.0 Å². The smallest absolute Gasteiger partial charge is 0.405 e. The van der Waals surface area contributed by atoms with Crippen LogP contribution in [0.1, 0.15) is 49.8 Å². The highest BCUT2D eigenvalue weighted by atomic mass is 32.2. The molecule has 2 aliphatic heterocycles. The monoisotopic (exact) mass is 635 g/mol. The summed E-state index contributed by atoms with van der Waals surface area (Å²) in [4.78, 5) is 42.6. The first-order valence-corrected chi connectivity index (χ1v) is 16.8. The zero-order valence-electron chi connectivity index (χ0n) is 25.8. The molecule has 2 aliphatic rings. The van der Waals surface area contributed by atoms with Gasteiger partial charge in [0.15, 0.2) is 0 Å². The number of H-pyrrole nitrogens is 2. The number of hydrogen-bond acceptors (Lipinski definition) is 6. The Kier molecular flexibility index (Phi) is 8.27. The molecule has 0 radical (unpaired) electrons. The standard InChI is InChI=1S/C35H37N7O3S/c1-20(2)30(41-35(44)45)34(43)42-14-3-4-29(42)31-37-19-28(39-31)26-12-11-24-16-23(9-10-25(24)17-26)21-5-7-22(8-6-21)27-18-38-32(40-27)33-36-13-15-46-33/h5-12,16-20,29-30,33,36,41H,3-4,13-15H2,1-2H3,(H,37,39)(H,38,40)(H,44,45)/t29-,30-,33-/m0/s1. The number of nitrogens with zero attached hydrogens (tertiary/aromatic N) is 3. The molecule has 0 spiro atoms. The number of carboxylic acid groups (broad SMARTS) is 1. The number of aromatic amines is 2. The molecule has 5 N–H and O–H groups in total. The van der Waals surface area contributed by atoms with Crippen molar-refractivity contribution >= 4 is 34.5 Å². The molecule has 236 valence electrons. The molecular weight excluding hydrogens is 598 g/mol. The molecule has 2 fully saturated rings. The predicted molar refractivity (Wildman–Crippen MR) is 181 cm³/mol. The van der Waals surface area contributed by atoms with Gasteiger partial charge in [0.25, 0.3) is 0 Å². The number of fused-ring (bicyclic) bond motifs is 1. The third-order valence-corrected chi connectivity index (χ3v) is 10.1. The Hall–Kier alpha value is -4.61. The second-order valence-corrected chi connectivity index (χ2v) is 13.5. The largest absolute Gasteiger partial charge is 0.465 e. The molecule has 0 saturated carbocycles. The highest BCUT2D eigenvalue weighted by Crippen LogP contribution is 2.34. The number of amides is 2. The van der Waals surface area contributed by atoms with Crippen LogP contribution in [0.25, 0.3) is 44.4 Å². The van der Waals surface area contributed by atoms with Gasteiger partial charge in [0, 0.05) is 24.4 Å². The number of nitrogens with one attached hydrogen (secondary N) is 4. The summed E-state index contributed by atoms with van der Waals surface area (Å²) in [5.74, 6) is 2.43. The van der Waals surface area contributed by atoms with E-state index in [0.717, 1.165) is 81.2 Å². The summed E-state index contributed by atoms with van der Waals surface area (Å²) in [5.41, 5.74) is 6.31. The average Bonchev–Trinajstić information content (AvgIpc) is 3.89. The summed E-state index contributed by atoms with van der Waals surface area (Å²) in [6, 6.07) is 20.4. The fraction of sp³-hybridized carbons (Fsp3) is 0.314. The van der Waals surface area contributed by atoms with E-state index >= 15 is 0 Å². The SMILES string of the molecule is CC(C)[C@H](NC(=O)O)C(=O)N1CCC[C@H]1c1ncc(-c2ccc3cc(-c4ccc(-c5cnc([C@H]6NCCS6)[nH]5)cc4)ccc3c2)[nH]1. The minimum atomic E-state index is -1.19. The molecule has 0 aliphatic carbocycles. The molecule has 5 aromatic rings. The van der Waals surface area contributed by atoms with Gasteiger partial charge in [-0.15, -0.1) is 11.8 Å². The van der Waals surface area contributed by atoms with E-state index in [0.29, 0.717) is 6.54 Å². The Morgan fingerprint density at radius 1 is 0.891 bits per heavy atom. The maximum absolute atomic E-state index is 13.3. The molecule has 0 unspecified atom stereocenters. The quantitative estimate of drug-likeness (QED) is 0.130. The van der Waals surface area contributed by atoms with Crippen molar-refractivity contribution in [3.8, 4) is 33.6 Å². The lowest BCUT2D eigenvalue weighted by Gasteiger charge is -2.29. The minimum Gasteiger partial charge on any atom is -0.465 e. The van der Waals surface area contributed by atoms with Gasteiger partial charge in [-0.25, -0.2) is 14.8 Å². The highest BCUT2D eigenvalue weighted by molar-refractivity contribution is 7.99. The van der Waals surface area contributed by atoms with Crippen molar-refractivity contribution in [1.29, 1.82) is 0 Å². The van der Waals surface area contributed by atoms with Crippen LogP contribution in [0, 0.1) is 5.92 Å². The van der Waals surface area contributed by atoms with Crippen LogP contribution in [0.3, 0.4) is 0 Å². The second kappa shape index (κ2) is 12.6. The summed E-state index contributed by atoms with van der Waals surface area (Å²) in [7, 11) is 0. The molecule has 2 aromatic heterocycles. The summed E-state index contributed by atoms with van der Waals surface area (Å²) in [6.45, 7) is 5.28. The molecule has 4 heterocycles. The number of carbonyl (C=O) groups is 2. The maximum Gasteiger partial charge on any atom is 0.405 e. The maximum atomic E-state index is 13.3. The van der Waals surface area contributed by atoms with Gasteiger partial charge in [0.05, 0.1) is 29.8 Å². The van der Waals surface area contributed by atoms with Gasteiger partial charge in [-0.05, 0) is 58.4 Å². The van der Waals surface area contributed by atoms with Gasteiger partial charge < -0.3 is 25.3 Å². The Labute approximate surface area is 271 Å². The Morgan fingerprint density at radius 3 is 2.22 bits per heavy atom. The van der Waals surface area contributed by atoms with E-state index in [1.165, 1.54) is 0 Å². The third kappa shape index (κ3) is 6.00. The first-order valence-electron chi connectivity index (χ1n) is 15.7. The first kappa shape index (κ1) is 30.1. The Bertz CT molecular complexity index is 1880. The van der Waals surface area contributed by atoms with Crippen LogP contribution in [0.2, 0.25) is 0 Å². The zero-order chi connectivity index (χ0) is 31.8. The molecule has 0 bridgehead atoms. The Balaban J connectivity index is 1.06. The topological polar surface area (TPSA) is 139 Å². The van der Waals surface area contributed by atoms with Crippen molar-refractivity contribution < 1.29 is 14.7 Å². The van der Waals surface area contributed by atoms with E-state index in [4.69, 9.17) is 0 Å². The molecule has 10 nitrogen and oxygen atoms in total. The summed E-state index contributed by atoms with van der Waals surface area (Å²) in [5, 5.41) is 17.6. The second-order valence-electron chi connectivity index (χ2n) is 12.3. The number of aromatic nitrogens is 4. The minimum absolute atomic E-state index is 0.164. The van der Waals surface area contributed by atoms with E-state index in [2.05, 4.69) is 91.2 Å². The molecule has 2 saturated heterocycles. The van der Waals surface area contributed by atoms with Crippen molar-refractivity contribution in [1.82, 2.24) is 35.5 Å². The van der Waals surface area contributed by atoms with Crippen LogP contribution in [-0.2, 0) is 4.79 Å². The van der Waals surface area contributed by atoms with Crippen LogP contribution >= 0.6 is 11.8 Å². The van der Waals surface area contributed by atoms with Crippen LogP contribution in [-0.4, -0.2) is 66.8 Å². The van der Waals surface area contributed by atoms with Gasteiger partial charge >= 0.3 is 6.09 Å². The fourth-order valence-electron chi connectivity index (χ4n) is 6.45. The van der Waals surface area contributed by atoms with E-state index < -0.39 is 12.1 Å². The Morgan fingerprint density at radius 2 is 1.52 bits per heavy atom. The van der Waals surface area contributed by atoms with Crippen LogP contribution in [0.5, 0.6) is 0 Å². The van der Waals surface area contributed by atoms with Crippen molar-refractivity contribution in [2.75, 3.05) is 18.8 Å². The summed E-state index contributed by atoms with van der Waals surface area (Å²) >= 11 is 1.87. The van der Waals surface area contributed by atoms with Crippen molar-refractivity contribution in [3.63, 3.8) is 0 Å².